The van der Waals surface area contributed by atoms with Crippen molar-refractivity contribution in [3.8, 4) is 0 Å². The Morgan fingerprint density at radius 1 is 1.17 bits per heavy atom. The van der Waals surface area contributed by atoms with E-state index in [0.29, 0.717) is 6.07 Å². The minimum absolute atomic E-state index is 0.0414. The minimum atomic E-state index is -4.53. The summed E-state index contributed by atoms with van der Waals surface area (Å²) in [6.45, 7) is 5.79. The molecule has 0 aromatic heterocycles. The molecule has 0 N–H and O–H groups in total. The van der Waals surface area contributed by atoms with E-state index in [2.05, 4.69) is 4.40 Å². The van der Waals surface area contributed by atoms with Crippen LogP contribution in [0.3, 0.4) is 0 Å². The Balaban J connectivity index is 2.87. The molecule has 0 saturated heterocycles. The number of nitrogens with zero attached hydrogens (tertiary/aromatic N) is 1. The van der Waals surface area contributed by atoms with Crippen molar-refractivity contribution in [3.63, 3.8) is 0 Å². The van der Waals surface area contributed by atoms with Gasteiger partial charge in [0.1, 0.15) is 5.82 Å². The van der Waals surface area contributed by atoms with Crippen LogP contribution in [0.15, 0.2) is 22.6 Å². The van der Waals surface area contributed by atoms with Crippen LogP contribution in [-0.4, -0.2) is 11.0 Å². The summed E-state index contributed by atoms with van der Waals surface area (Å²) in [5.41, 5.74) is -0.958. The van der Waals surface area contributed by atoms with E-state index >= 15 is 0 Å². The highest BCUT2D eigenvalue weighted by molar-refractivity contribution is 7.99. The second-order valence-electron chi connectivity index (χ2n) is 4.67. The third-order valence-electron chi connectivity index (χ3n) is 1.85. The first-order chi connectivity index (χ1) is 8.09. The van der Waals surface area contributed by atoms with Crippen LogP contribution in [0.1, 0.15) is 31.9 Å². The predicted octanol–water partition coefficient (Wildman–Crippen LogP) is 4.71. The normalized spacial score (nSPS) is 13.3. The molecule has 0 saturated carbocycles. The average Bonchev–Trinajstić information content (AvgIpc) is 2.17. The predicted molar refractivity (Wildman–Crippen MR) is 66.3 cm³/mol. The van der Waals surface area contributed by atoms with Gasteiger partial charge in [0.05, 0.1) is 5.56 Å². The maximum Gasteiger partial charge on any atom is 0.416 e. The second-order valence-corrected chi connectivity index (χ2v) is 6.29. The first-order valence-electron chi connectivity index (χ1n) is 5.18. The van der Waals surface area contributed by atoms with E-state index in [9.17, 15) is 17.6 Å². The van der Waals surface area contributed by atoms with Crippen LogP contribution < -0.4 is 0 Å². The van der Waals surface area contributed by atoms with Crippen molar-refractivity contribution in [2.45, 2.75) is 31.7 Å². The van der Waals surface area contributed by atoms with Crippen molar-refractivity contribution in [1.82, 2.24) is 0 Å². The molecule has 1 aromatic carbocycles. The van der Waals surface area contributed by atoms with Crippen LogP contribution in [0.2, 0.25) is 0 Å². The van der Waals surface area contributed by atoms with E-state index in [0.717, 1.165) is 12.1 Å². The lowest BCUT2D eigenvalue weighted by Gasteiger charge is -2.12. The molecule has 0 amide bonds. The summed E-state index contributed by atoms with van der Waals surface area (Å²) in [5, 5.41) is 0. The van der Waals surface area contributed by atoms with Crippen LogP contribution in [-0.2, 0) is 6.18 Å². The fourth-order valence-electron chi connectivity index (χ4n) is 1.05. The molecule has 0 unspecified atom stereocenters. The standard InChI is InChI=1S/C12H13F4NS/c1-11(2,3)18-17-7-8-4-5-9(6-10(8)13)12(14,15)16/h4-7H,1-3H3/b17-7+. The summed E-state index contributed by atoms with van der Waals surface area (Å²) >= 11 is 1.23. The van der Waals surface area contributed by atoms with Gasteiger partial charge in [-0.3, -0.25) is 0 Å². The van der Waals surface area contributed by atoms with Crippen molar-refractivity contribution in [1.29, 1.82) is 0 Å². The summed E-state index contributed by atoms with van der Waals surface area (Å²) in [6, 6.07) is 2.39. The van der Waals surface area contributed by atoms with E-state index in [-0.39, 0.29) is 10.3 Å². The van der Waals surface area contributed by atoms with Crippen molar-refractivity contribution >= 4 is 18.2 Å². The first-order valence-corrected chi connectivity index (χ1v) is 5.95. The number of benzene rings is 1. The fraction of sp³-hybridized carbons (Fsp3) is 0.417. The highest BCUT2D eigenvalue weighted by Crippen LogP contribution is 2.30. The molecule has 0 fully saturated rings. The van der Waals surface area contributed by atoms with Gasteiger partial charge in [-0.25, -0.2) is 8.79 Å². The smallest absolute Gasteiger partial charge is 0.223 e. The van der Waals surface area contributed by atoms with Crippen LogP contribution in [0, 0.1) is 5.82 Å². The zero-order valence-electron chi connectivity index (χ0n) is 10.2. The van der Waals surface area contributed by atoms with Gasteiger partial charge in [0, 0.05) is 16.5 Å². The summed E-state index contributed by atoms with van der Waals surface area (Å²) in [6.07, 6.45) is -3.30. The van der Waals surface area contributed by atoms with Gasteiger partial charge in [-0.15, -0.1) is 0 Å². The number of hydrogen-bond acceptors (Lipinski definition) is 2. The van der Waals surface area contributed by atoms with Gasteiger partial charge in [0.15, 0.2) is 0 Å². The van der Waals surface area contributed by atoms with Crippen molar-refractivity contribution in [2.24, 2.45) is 4.40 Å². The summed E-state index contributed by atoms with van der Waals surface area (Å²) < 4.78 is 54.1. The molecule has 1 nitrogen and oxygen atoms in total. The third kappa shape index (κ3) is 4.68. The molecule has 0 aliphatic rings. The SMILES string of the molecule is CC(C)(C)S/N=C/c1ccc(C(F)(F)F)cc1F. The molecule has 0 aliphatic heterocycles. The van der Waals surface area contributed by atoms with Crippen LogP contribution in [0.25, 0.3) is 0 Å². The number of hydrogen-bond donors (Lipinski definition) is 0. The van der Waals surface area contributed by atoms with Crippen LogP contribution in [0.5, 0.6) is 0 Å². The van der Waals surface area contributed by atoms with Gasteiger partial charge in [0.2, 0.25) is 0 Å². The molecule has 18 heavy (non-hydrogen) atoms. The Bertz CT molecular complexity index is 446. The van der Waals surface area contributed by atoms with Crippen LogP contribution in [0.4, 0.5) is 17.6 Å². The maximum absolute atomic E-state index is 13.4. The Hall–Kier alpha value is -1.04. The molecule has 0 aliphatic carbocycles. The molecule has 100 valence electrons. The van der Waals surface area contributed by atoms with E-state index in [1.807, 2.05) is 20.8 Å². The monoisotopic (exact) mass is 279 g/mol. The second kappa shape index (κ2) is 5.30. The van der Waals surface area contributed by atoms with Gasteiger partial charge in [0.25, 0.3) is 0 Å². The quantitative estimate of drug-likeness (QED) is 0.434. The number of rotatable bonds is 2. The molecule has 0 spiro atoms. The summed E-state index contributed by atoms with van der Waals surface area (Å²) in [7, 11) is 0. The maximum atomic E-state index is 13.4. The zero-order chi connectivity index (χ0) is 14.0. The fourth-order valence-corrected chi connectivity index (χ4v) is 1.53. The topological polar surface area (TPSA) is 12.4 Å². The Kier molecular flexibility index (Phi) is 4.42. The van der Waals surface area contributed by atoms with E-state index in [1.54, 1.807) is 0 Å². The highest BCUT2D eigenvalue weighted by Gasteiger charge is 2.31. The molecule has 0 bridgehead atoms. The molecule has 1 rings (SSSR count). The highest BCUT2D eigenvalue weighted by atomic mass is 32.2. The Morgan fingerprint density at radius 2 is 1.78 bits per heavy atom. The third-order valence-corrected chi connectivity index (χ3v) is 2.60. The molecule has 6 heteroatoms. The summed E-state index contributed by atoms with van der Waals surface area (Å²) in [4.78, 5) is 0. The van der Waals surface area contributed by atoms with Gasteiger partial charge >= 0.3 is 6.18 Å². The van der Waals surface area contributed by atoms with Crippen molar-refractivity contribution in [3.05, 3.63) is 35.1 Å². The minimum Gasteiger partial charge on any atom is -0.223 e. The lowest BCUT2D eigenvalue weighted by molar-refractivity contribution is -0.137. The number of alkyl halides is 3. The molecule has 0 atom stereocenters. The summed E-state index contributed by atoms with van der Waals surface area (Å²) in [5.74, 6) is -0.928. The van der Waals surface area contributed by atoms with Gasteiger partial charge in [-0.2, -0.15) is 13.2 Å². The van der Waals surface area contributed by atoms with Crippen molar-refractivity contribution in [2.75, 3.05) is 0 Å². The molecular formula is C12H13F4NS. The van der Waals surface area contributed by atoms with Crippen LogP contribution >= 0.6 is 11.9 Å². The molecule has 1 aromatic rings. The number of halogens is 4. The zero-order valence-corrected chi connectivity index (χ0v) is 11.0. The Labute approximate surface area is 107 Å². The van der Waals surface area contributed by atoms with E-state index in [4.69, 9.17) is 0 Å². The average molecular weight is 279 g/mol. The van der Waals surface area contributed by atoms with E-state index < -0.39 is 17.6 Å². The first kappa shape index (κ1) is 15.0. The van der Waals surface area contributed by atoms with Crippen molar-refractivity contribution < 1.29 is 17.6 Å². The Morgan fingerprint density at radius 3 is 2.22 bits per heavy atom. The lowest BCUT2D eigenvalue weighted by atomic mass is 10.1. The molecular weight excluding hydrogens is 266 g/mol. The van der Waals surface area contributed by atoms with E-state index in [1.165, 1.54) is 18.2 Å². The van der Waals surface area contributed by atoms with Gasteiger partial charge in [-0.1, -0.05) is 0 Å². The van der Waals surface area contributed by atoms with Gasteiger partial charge in [-0.05, 0) is 50.9 Å². The van der Waals surface area contributed by atoms with Gasteiger partial charge < -0.3 is 0 Å². The molecule has 0 heterocycles. The largest absolute Gasteiger partial charge is 0.416 e. The molecule has 0 radical (unpaired) electrons. The lowest BCUT2D eigenvalue weighted by Crippen LogP contribution is -2.06.